The lowest BCUT2D eigenvalue weighted by atomic mass is 10.1. The van der Waals surface area contributed by atoms with Gasteiger partial charge in [-0.15, -0.1) is 0 Å². The maximum absolute atomic E-state index is 12.8. The molecule has 1 aliphatic heterocycles. The van der Waals surface area contributed by atoms with Gasteiger partial charge < -0.3 is 11.1 Å². The molecule has 0 radical (unpaired) electrons. The van der Waals surface area contributed by atoms with Gasteiger partial charge in [-0.2, -0.15) is 13.2 Å². The largest absolute Gasteiger partial charge is 0.416 e. The molecule has 0 saturated heterocycles. The Hall–Kier alpha value is -2.50. The van der Waals surface area contributed by atoms with Gasteiger partial charge in [0, 0.05) is 17.5 Å². The molecule has 0 spiro atoms. The topological polar surface area (TPSA) is 50.4 Å². The van der Waals surface area contributed by atoms with Gasteiger partial charge >= 0.3 is 6.18 Å². The lowest BCUT2D eigenvalue weighted by molar-refractivity contribution is -0.137. The first-order valence-electron chi connectivity index (χ1n) is 5.86. The number of hydrogen-bond donors (Lipinski definition) is 2. The highest BCUT2D eigenvalue weighted by atomic mass is 19.4. The molecule has 1 aliphatic rings. The van der Waals surface area contributed by atoms with Crippen LogP contribution in [0.5, 0.6) is 0 Å². The molecule has 0 unspecified atom stereocenters. The van der Waals surface area contributed by atoms with Gasteiger partial charge in [0.05, 0.1) is 22.6 Å². The minimum atomic E-state index is -4.45. The molecule has 3 rings (SSSR count). The van der Waals surface area contributed by atoms with Crippen molar-refractivity contribution in [1.82, 2.24) is 0 Å². The standard InChI is InChI=1S/C14H10F3N3/c15-14(16,17)9-5-10(18)13-12(6-9)19-7-8-3-1-2-4-11(8)20-13/h1-7,20H,18H2. The third kappa shape index (κ3) is 2.09. The molecule has 2 aromatic rings. The van der Waals surface area contributed by atoms with E-state index in [2.05, 4.69) is 10.3 Å². The number of nitrogens with zero attached hydrogens (tertiary/aromatic N) is 1. The minimum absolute atomic E-state index is 0.0173. The summed E-state index contributed by atoms with van der Waals surface area (Å²) in [6.45, 7) is 0. The second kappa shape index (κ2) is 4.26. The Balaban J connectivity index is 2.17. The predicted octanol–water partition coefficient (Wildman–Crippen LogP) is 4.10. The molecule has 0 aromatic heterocycles. The zero-order valence-corrected chi connectivity index (χ0v) is 10.2. The Morgan fingerprint density at radius 2 is 1.85 bits per heavy atom. The Labute approximate surface area is 112 Å². The van der Waals surface area contributed by atoms with Crippen LogP contribution in [0.15, 0.2) is 41.4 Å². The van der Waals surface area contributed by atoms with E-state index in [1.54, 1.807) is 0 Å². The zero-order valence-electron chi connectivity index (χ0n) is 10.2. The Bertz CT molecular complexity index is 705. The van der Waals surface area contributed by atoms with Gasteiger partial charge in [-0.25, -0.2) is 0 Å². The first-order chi connectivity index (χ1) is 9.45. The smallest absolute Gasteiger partial charge is 0.397 e. The van der Waals surface area contributed by atoms with Crippen molar-refractivity contribution in [3.8, 4) is 0 Å². The number of halogens is 3. The number of fused-ring (bicyclic) bond motifs is 2. The SMILES string of the molecule is Nc1cc(C(F)(F)F)cc2c1Nc1ccccc1C=N2. The predicted molar refractivity (Wildman–Crippen MR) is 72.8 cm³/mol. The van der Waals surface area contributed by atoms with E-state index in [0.717, 1.165) is 23.4 Å². The normalized spacial score (nSPS) is 13.2. The van der Waals surface area contributed by atoms with Crippen LogP contribution in [0.1, 0.15) is 11.1 Å². The molecule has 6 heteroatoms. The second-order valence-electron chi connectivity index (χ2n) is 4.43. The first kappa shape index (κ1) is 12.5. The quantitative estimate of drug-likeness (QED) is 0.608. The molecular weight excluding hydrogens is 267 g/mol. The molecule has 20 heavy (non-hydrogen) atoms. The molecular formula is C14H10F3N3. The van der Waals surface area contributed by atoms with Crippen molar-refractivity contribution in [3.05, 3.63) is 47.5 Å². The Kier molecular flexibility index (Phi) is 2.67. The number of alkyl halides is 3. The highest BCUT2D eigenvalue weighted by Gasteiger charge is 2.32. The summed E-state index contributed by atoms with van der Waals surface area (Å²) in [6, 6.07) is 9.18. The van der Waals surface area contributed by atoms with Crippen LogP contribution >= 0.6 is 0 Å². The van der Waals surface area contributed by atoms with E-state index in [4.69, 9.17) is 5.73 Å². The highest BCUT2D eigenvalue weighted by Crippen LogP contribution is 2.41. The van der Waals surface area contributed by atoms with Gasteiger partial charge in [0.15, 0.2) is 0 Å². The summed E-state index contributed by atoms with van der Waals surface area (Å²) in [7, 11) is 0. The lowest BCUT2D eigenvalue weighted by Crippen LogP contribution is -2.07. The van der Waals surface area contributed by atoms with E-state index in [9.17, 15) is 13.2 Å². The van der Waals surface area contributed by atoms with Gasteiger partial charge in [-0.1, -0.05) is 18.2 Å². The van der Waals surface area contributed by atoms with Gasteiger partial charge in [0.2, 0.25) is 0 Å². The van der Waals surface area contributed by atoms with E-state index in [0.29, 0.717) is 5.69 Å². The number of rotatable bonds is 0. The lowest BCUT2D eigenvalue weighted by Gasteiger charge is -2.14. The molecule has 0 bridgehead atoms. The number of nitrogen functional groups attached to an aromatic ring is 1. The summed E-state index contributed by atoms with van der Waals surface area (Å²) in [5, 5.41) is 3.03. The summed E-state index contributed by atoms with van der Waals surface area (Å²) >= 11 is 0. The monoisotopic (exact) mass is 277 g/mol. The van der Waals surface area contributed by atoms with Crippen LogP contribution in [0.3, 0.4) is 0 Å². The molecule has 102 valence electrons. The second-order valence-corrected chi connectivity index (χ2v) is 4.43. The van der Waals surface area contributed by atoms with E-state index in [1.807, 2.05) is 24.3 Å². The molecule has 2 aromatic carbocycles. The summed E-state index contributed by atoms with van der Waals surface area (Å²) in [4.78, 5) is 4.10. The number of aliphatic imine (C=N–C) groups is 1. The summed E-state index contributed by atoms with van der Waals surface area (Å²) < 4.78 is 38.3. The van der Waals surface area contributed by atoms with Crippen molar-refractivity contribution < 1.29 is 13.2 Å². The van der Waals surface area contributed by atoms with Crippen molar-refractivity contribution in [1.29, 1.82) is 0 Å². The summed E-state index contributed by atoms with van der Waals surface area (Å²) in [5.41, 5.74) is 7.04. The third-order valence-corrected chi connectivity index (χ3v) is 3.04. The molecule has 3 N–H and O–H groups in total. The van der Waals surface area contributed by atoms with Gasteiger partial charge in [-0.3, -0.25) is 4.99 Å². The number of nitrogens with one attached hydrogen (secondary N) is 1. The number of anilines is 3. The third-order valence-electron chi connectivity index (χ3n) is 3.04. The number of nitrogens with two attached hydrogens (primary N) is 1. The molecule has 3 nitrogen and oxygen atoms in total. The van der Waals surface area contributed by atoms with Crippen LogP contribution in [0, 0.1) is 0 Å². The van der Waals surface area contributed by atoms with Crippen LogP contribution in [0.25, 0.3) is 0 Å². The maximum Gasteiger partial charge on any atom is 0.416 e. The molecule has 1 heterocycles. The summed E-state index contributed by atoms with van der Waals surface area (Å²) in [5.74, 6) is 0. The minimum Gasteiger partial charge on any atom is -0.397 e. The molecule has 0 fully saturated rings. The molecule has 0 aliphatic carbocycles. The van der Waals surface area contributed by atoms with E-state index in [1.165, 1.54) is 6.21 Å². The van der Waals surface area contributed by atoms with E-state index >= 15 is 0 Å². The van der Waals surface area contributed by atoms with Gasteiger partial charge in [-0.05, 0) is 18.2 Å². The van der Waals surface area contributed by atoms with E-state index in [-0.39, 0.29) is 11.4 Å². The van der Waals surface area contributed by atoms with Crippen LogP contribution in [0.2, 0.25) is 0 Å². The van der Waals surface area contributed by atoms with Crippen molar-refractivity contribution in [2.45, 2.75) is 6.18 Å². The van der Waals surface area contributed by atoms with Crippen LogP contribution in [-0.4, -0.2) is 6.21 Å². The van der Waals surface area contributed by atoms with Crippen molar-refractivity contribution in [3.63, 3.8) is 0 Å². The average molecular weight is 277 g/mol. The van der Waals surface area contributed by atoms with Crippen LogP contribution < -0.4 is 11.1 Å². The number of para-hydroxylation sites is 1. The van der Waals surface area contributed by atoms with E-state index < -0.39 is 11.7 Å². The zero-order chi connectivity index (χ0) is 14.3. The van der Waals surface area contributed by atoms with Crippen molar-refractivity contribution >= 4 is 29.0 Å². The fourth-order valence-electron chi connectivity index (χ4n) is 2.05. The summed E-state index contributed by atoms with van der Waals surface area (Å²) in [6.07, 6.45) is -2.93. The van der Waals surface area contributed by atoms with Crippen molar-refractivity contribution in [2.75, 3.05) is 11.1 Å². The van der Waals surface area contributed by atoms with Gasteiger partial charge in [0.1, 0.15) is 0 Å². The number of hydrogen-bond acceptors (Lipinski definition) is 3. The highest BCUT2D eigenvalue weighted by molar-refractivity contribution is 5.97. The molecule has 0 amide bonds. The average Bonchev–Trinajstić information content (AvgIpc) is 2.57. The first-order valence-corrected chi connectivity index (χ1v) is 5.86. The fourth-order valence-corrected chi connectivity index (χ4v) is 2.05. The maximum atomic E-state index is 12.8. The van der Waals surface area contributed by atoms with Crippen LogP contribution in [0.4, 0.5) is 35.9 Å². The molecule has 0 saturated carbocycles. The number of benzene rings is 2. The van der Waals surface area contributed by atoms with Crippen LogP contribution in [-0.2, 0) is 6.18 Å². The van der Waals surface area contributed by atoms with Crippen molar-refractivity contribution in [2.24, 2.45) is 4.99 Å². The fraction of sp³-hybridized carbons (Fsp3) is 0.0714. The Morgan fingerprint density at radius 3 is 2.60 bits per heavy atom. The van der Waals surface area contributed by atoms with Gasteiger partial charge in [0.25, 0.3) is 0 Å². The Morgan fingerprint density at radius 1 is 1.10 bits per heavy atom. The molecule has 0 atom stereocenters.